The van der Waals surface area contributed by atoms with E-state index >= 15 is 0 Å². The number of ether oxygens (including phenoxy) is 1. The first-order valence-electron chi connectivity index (χ1n) is 7.62. The quantitative estimate of drug-likeness (QED) is 0.574. The van der Waals surface area contributed by atoms with Crippen molar-refractivity contribution in [1.29, 1.82) is 0 Å². The molecule has 0 spiro atoms. The monoisotopic (exact) mass is 377 g/mol. The lowest BCUT2D eigenvalue weighted by Gasteiger charge is -2.07. The molecule has 0 aliphatic rings. The molecule has 0 saturated carbocycles. The average Bonchev–Trinajstić information content (AvgIpc) is 2.57. The Kier molecular flexibility index (Phi) is 6.62. The van der Waals surface area contributed by atoms with E-state index in [1.54, 1.807) is 56.3 Å². The lowest BCUT2D eigenvalue weighted by Crippen LogP contribution is -2.10. The Morgan fingerprint density at radius 2 is 1.84 bits per heavy atom. The standard InChI is InChI=1S/C19H17Cl2NO3/c1-3-25-19(24)14-5-4-6-15(10-14)22-18(23)9-12(2)13-7-8-16(20)17(21)11-13/h4-11H,3H2,1-2H3,(H,22,23)/b12-9-. The first-order chi connectivity index (χ1) is 11.9. The number of benzene rings is 2. The van der Waals surface area contributed by atoms with Crippen molar-refractivity contribution >= 4 is 46.3 Å². The number of hydrogen-bond donors (Lipinski definition) is 1. The number of carbonyl (C=O) groups excluding carboxylic acids is 2. The zero-order valence-electron chi connectivity index (χ0n) is 13.8. The van der Waals surface area contributed by atoms with Gasteiger partial charge in [-0.05, 0) is 55.3 Å². The molecule has 0 heterocycles. The van der Waals surface area contributed by atoms with Crippen molar-refractivity contribution in [2.75, 3.05) is 11.9 Å². The number of carbonyl (C=O) groups is 2. The number of nitrogens with one attached hydrogen (secondary N) is 1. The van der Waals surface area contributed by atoms with Gasteiger partial charge < -0.3 is 10.1 Å². The van der Waals surface area contributed by atoms with Gasteiger partial charge in [-0.3, -0.25) is 4.79 Å². The lowest BCUT2D eigenvalue weighted by molar-refractivity contribution is -0.111. The predicted octanol–water partition coefficient (Wildman–Crippen LogP) is 5.21. The summed E-state index contributed by atoms with van der Waals surface area (Å²) < 4.78 is 4.94. The second kappa shape index (κ2) is 8.70. The fourth-order valence-corrected chi connectivity index (χ4v) is 2.44. The molecule has 6 heteroatoms. The fourth-order valence-electron chi connectivity index (χ4n) is 2.14. The summed E-state index contributed by atoms with van der Waals surface area (Å²) in [6, 6.07) is 11.7. The van der Waals surface area contributed by atoms with Gasteiger partial charge >= 0.3 is 5.97 Å². The SMILES string of the molecule is CCOC(=O)c1cccc(NC(=O)/C=C(/C)c2ccc(Cl)c(Cl)c2)c1. The first kappa shape index (κ1) is 19.0. The Morgan fingerprint density at radius 3 is 2.52 bits per heavy atom. The minimum atomic E-state index is -0.430. The Labute approximate surface area is 156 Å². The van der Waals surface area contributed by atoms with E-state index in [0.717, 1.165) is 11.1 Å². The minimum absolute atomic E-state index is 0.293. The Bertz CT molecular complexity index is 831. The number of halogens is 2. The maximum Gasteiger partial charge on any atom is 0.338 e. The molecule has 0 bridgehead atoms. The van der Waals surface area contributed by atoms with E-state index in [1.807, 2.05) is 0 Å². The van der Waals surface area contributed by atoms with E-state index in [1.165, 1.54) is 6.08 Å². The topological polar surface area (TPSA) is 55.4 Å². The number of rotatable bonds is 5. The molecular formula is C19H17Cl2NO3. The van der Waals surface area contributed by atoms with Crippen LogP contribution in [0.15, 0.2) is 48.5 Å². The largest absolute Gasteiger partial charge is 0.462 e. The minimum Gasteiger partial charge on any atom is -0.462 e. The predicted molar refractivity (Wildman–Crippen MR) is 101 cm³/mol. The molecule has 4 nitrogen and oxygen atoms in total. The molecule has 130 valence electrons. The van der Waals surface area contributed by atoms with Crippen LogP contribution >= 0.6 is 23.2 Å². The summed E-state index contributed by atoms with van der Waals surface area (Å²) in [5.41, 5.74) is 2.42. The van der Waals surface area contributed by atoms with Gasteiger partial charge in [0.25, 0.3) is 0 Å². The van der Waals surface area contributed by atoms with Crippen LogP contribution in [0, 0.1) is 0 Å². The molecule has 1 amide bonds. The fraction of sp³-hybridized carbons (Fsp3) is 0.158. The summed E-state index contributed by atoms with van der Waals surface area (Å²) >= 11 is 11.9. The highest BCUT2D eigenvalue weighted by Crippen LogP contribution is 2.26. The Morgan fingerprint density at radius 1 is 1.08 bits per heavy atom. The van der Waals surface area contributed by atoms with Crippen LogP contribution in [-0.2, 0) is 9.53 Å². The molecule has 0 aliphatic heterocycles. The number of hydrogen-bond acceptors (Lipinski definition) is 3. The van der Waals surface area contributed by atoms with Crippen LogP contribution in [0.2, 0.25) is 10.0 Å². The highest BCUT2D eigenvalue weighted by Gasteiger charge is 2.08. The Hall–Kier alpha value is -2.30. The summed E-state index contributed by atoms with van der Waals surface area (Å²) in [7, 11) is 0. The molecule has 25 heavy (non-hydrogen) atoms. The number of allylic oxidation sites excluding steroid dienone is 1. The zero-order valence-corrected chi connectivity index (χ0v) is 15.3. The van der Waals surface area contributed by atoms with Crippen molar-refractivity contribution in [3.05, 3.63) is 69.7 Å². The summed E-state index contributed by atoms with van der Waals surface area (Å²) in [6.45, 7) is 3.83. The van der Waals surface area contributed by atoms with Gasteiger partial charge in [-0.25, -0.2) is 4.79 Å². The average molecular weight is 378 g/mol. The summed E-state index contributed by atoms with van der Waals surface area (Å²) in [4.78, 5) is 23.9. The summed E-state index contributed by atoms with van der Waals surface area (Å²) in [6.07, 6.45) is 1.45. The first-order valence-corrected chi connectivity index (χ1v) is 8.38. The normalized spacial score (nSPS) is 11.1. The number of anilines is 1. The lowest BCUT2D eigenvalue weighted by atomic mass is 10.1. The molecule has 2 aromatic rings. The number of esters is 1. The number of amides is 1. The third kappa shape index (κ3) is 5.34. The van der Waals surface area contributed by atoms with E-state index in [2.05, 4.69) is 5.32 Å². The van der Waals surface area contributed by atoms with Gasteiger partial charge in [0.2, 0.25) is 5.91 Å². The second-order valence-electron chi connectivity index (χ2n) is 5.25. The van der Waals surface area contributed by atoms with Gasteiger partial charge in [0.05, 0.1) is 22.2 Å². The molecule has 2 aromatic carbocycles. The van der Waals surface area contributed by atoms with Crippen molar-refractivity contribution in [3.8, 4) is 0 Å². The van der Waals surface area contributed by atoms with Crippen molar-refractivity contribution < 1.29 is 14.3 Å². The van der Waals surface area contributed by atoms with Crippen LogP contribution in [0.1, 0.15) is 29.8 Å². The third-order valence-corrected chi connectivity index (χ3v) is 4.10. The smallest absolute Gasteiger partial charge is 0.338 e. The summed E-state index contributed by atoms with van der Waals surface area (Å²) in [5, 5.41) is 3.61. The molecule has 0 atom stereocenters. The van der Waals surface area contributed by atoms with E-state index in [9.17, 15) is 9.59 Å². The Balaban J connectivity index is 2.12. The molecule has 0 fully saturated rings. The van der Waals surface area contributed by atoms with E-state index in [4.69, 9.17) is 27.9 Å². The van der Waals surface area contributed by atoms with Crippen LogP contribution in [-0.4, -0.2) is 18.5 Å². The molecule has 0 unspecified atom stereocenters. The summed E-state index contributed by atoms with van der Waals surface area (Å²) in [5.74, 6) is -0.745. The third-order valence-electron chi connectivity index (χ3n) is 3.36. The van der Waals surface area contributed by atoms with Crippen molar-refractivity contribution in [2.24, 2.45) is 0 Å². The zero-order chi connectivity index (χ0) is 18.4. The maximum atomic E-state index is 12.2. The molecule has 0 saturated heterocycles. The van der Waals surface area contributed by atoms with E-state index in [-0.39, 0.29) is 5.91 Å². The molecule has 0 aromatic heterocycles. The van der Waals surface area contributed by atoms with E-state index < -0.39 is 5.97 Å². The maximum absolute atomic E-state index is 12.2. The van der Waals surface area contributed by atoms with Gasteiger partial charge in [0.1, 0.15) is 0 Å². The molecule has 0 aliphatic carbocycles. The van der Waals surface area contributed by atoms with Crippen molar-refractivity contribution in [2.45, 2.75) is 13.8 Å². The van der Waals surface area contributed by atoms with Crippen LogP contribution in [0.25, 0.3) is 5.57 Å². The highest BCUT2D eigenvalue weighted by atomic mass is 35.5. The van der Waals surface area contributed by atoms with Crippen LogP contribution in [0.4, 0.5) is 5.69 Å². The van der Waals surface area contributed by atoms with Crippen LogP contribution in [0.5, 0.6) is 0 Å². The van der Waals surface area contributed by atoms with Gasteiger partial charge in [-0.2, -0.15) is 0 Å². The highest BCUT2D eigenvalue weighted by molar-refractivity contribution is 6.42. The van der Waals surface area contributed by atoms with E-state index in [0.29, 0.717) is 27.9 Å². The molecule has 2 rings (SSSR count). The van der Waals surface area contributed by atoms with Crippen LogP contribution in [0.3, 0.4) is 0 Å². The van der Waals surface area contributed by atoms with Crippen molar-refractivity contribution in [1.82, 2.24) is 0 Å². The van der Waals surface area contributed by atoms with Gasteiger partial charge in [0, 0.05) is 11.8 Å². The molecule has 0 radical (unpaired) electrons. The second-order valence-corrected chi connectivity index (χ2v) is 6.06. The molecule has 1 N–H and O–H groups in total. The van der Waals surface area contributed by atoms with Crippen LogP contribution < -0.4 is 5.32 Å². The molecular weight excluding hydrogens is 361 g/mol. The van der Waals surface area contributed by atoms with Crippen molar-refractivity contribution in [3.63, 3.8) is 0 Å². The van der Waals surface area contributed by atoms with Gasteiger partial charge in [-0.1, -0.05) is 35.3 Å². The van der Waals surface area contributed by atoms with Gasteiger partial charge in [0.15, 0.2) is 0 Å². The van der Waals surface area contributed by atoms with Gasteiger partial charge in [-0.15, -0.1) is 0 Å².